The molecule has 1 radical (unpaired) electrons. The molecule has 0 bridgehead atoms. The van der Waals surface area contributed by atoms with Crippen LogP contribution in [0.4, 0.5) is 0 Å². The molecular weight excluding hydrogens is 269 g/mol. The second-order valence-corrected chi connectivity index (χ2v) is 5.34. The van der Waals surface area contributed by atoms with Crippen molar-refractivity contribution < 1.29 is 32.7 Å². The molecule has 3 unspecified atom stereocenters. The zero-order valence-electron chi connectivity index (χ0n) is 11.7. The first-order valence-electron chi connectivity index (χ1n) is 7.12. The van der Waals surface area contributed by atoms with E-state index in [4.69, 9.17) is 0 Å². The summed E-state index contributed by atoms with van der Waals surface area (Å²) in [5.74, 6) is 3.97. The first-order chi connectivity index (χ1) is 7.29. The molecule has 2 rings (SSSR count). The van der Waals surface area contributed by atoms with Gasteiger partial charge in [-0.3, -0.25) is 0 Å². The summed E-state index contributed by atoms with van der Waals surface area (Å²) in [6.07, 6.45) is 11.6. The molecular formula is C15H29Y-. The third-order valence-corrected chi connectivity index (χ3v) is 4.21. The summed E-state index contributed by atoms with van der Waals surface area (Å²) in [6, 6.07) is 0. The normalized spacial score (nSPS) is 33.2. The number of hydrogen-bond acceptors (Lipinski definition) is 0. The van der Waals surface area contributed by atoms with E-state index in [9.17, 15) is 0 Å². The van der Waals surface area contributed by atoms with Gasteiger partial charge in [-0.05, 0) is 5.92 Å². The predicted octanol–water partition coefficient (Wildman–Crippen LogP) is 5.09. The molecule has 0 aliphatic heterocycles. The van der Waals surface area contributed by atoms with Crippen LogP contribution < -0.4 is 0 Å². The largest absolute Gasteiger partial charge is 0.325 e. The molecule has 93 valence electrons. The third kappa shape index (κ3) is 4.41. The van der Waals surface area contributed by atoms with E-state index in [0.29, 0.717) is 0 Å². The molecule has 0 N–H and O–H groups in total. The second kappa shape index (κ2) is 9.09. The molecule has 2 fully saturated rings. The maximum absolute atomic E-state index is 2.62. The molecule has 0 heterocycles. The topological polar surface area (TPSA) is 0 Å². The zero-order chi connectivity index (χ0) is 11.3. The molecule has 1 heteroatoms. The van der Waals surface area contributed by atoms with Gasteiger partial charge in [0.05, 0.1) is 0 Å². The van der Waals surface area contributed by atoms with Crippen LogP contribution in [0.15, 0.2) is 0 Å². The minimum absolute atomic E-state index is 0. The minimum Gasteiger partial charge on any atom is -0.325 e. The van der Waals surface area contributed by atoms with Crippen molar-refractivity contribution in [2.24, 2.45) is 23.7 Å². The van der Waals surface area contributed by atoms with Crippen molar-refractivity contribution in [1.29, 1.82) is 0 Å². The van der Waals surface area contributed by atoms with Crippen LogP contribution in [0, 0.1) is 30.1 Å². The van der Waals surface area contributed by atoms with E-state index in [1.807, 2.05) is 13.8 Å². The Labute approximate surface area is 128 Å². The Morgan fingerprint density at radius 2 is 1.62 bits per heavy atom. The summed E-state index contributed by atoms with van der Waals surface area (Å²) in [7, 11) is 0. The molecule has 2 saturated carbocycles. The molecule has 16 heavy (non-hydrogen) atoms. The Balaban J connectivity index is 0.000000711. The fourth-order valence-corrected chi connectivity index (χ4v) is 3.55. The van der Waals surface area contributed by atoms with Gasteiger partial charge in [0, 0.05) is 32.7 Å². The van der Waals surface area contributed by atoms with Gasteiger partial charge in [-0.15, -0.1) is 0 Å². The molecule has 2 aliphatic carbocycles. The Hall–Kier alpha value is 1.10. The van der Waals surface area contributed by atoms with Crippen LogP contribution in [0.2, 0.25) is 0 Å². The molecule has 2 aliphatic rings. The van der Waals surface area contributed by atoms with E-state index in [1.54, 1.807) is 0 Å². The van der Waals surface area contributed by atoms with E-state index in [2.05, 4.69) is 20.3 Å². The van der Waals surface area contributed by atoms with Crippen molar-refractivity contribution in [3.05, 3.63) is 6.42 Å². The maximum Gasteiger partial charge on any atom is 0 e. The summed E-state index contributed by atoms with van der Waals surface area (Å²) in [6.45, 7) is 8.80. The first kappa shape index (κ1) is 17.1. The fraction of sp³-hybridized carbons (Fsp3) is 0.933. The fourth-order valence-electron chi connectivity index (χ4n) is 3.55. The Morgan fingerprint density at radius 1 is 1.00 bits per heavy atom. The van der Waals surface area contributed by atoms with Crippen LogP contribution in [0.3, 0.4) is 0 Å². The van der Waals surface area contributed by atoms with E-state index in [1.165, 1.54) is 38.5 Å². The van der Waals surface area contributed by atoms with Crippen LogP contribution in [-0.4, -0.2) is 0 Å². The summed E-state index contributed by atoms with van der Waals surface area (Å²) < 4.78 is 0. The van der Waals surface area contributed by atoms with E-state index in [0.717, 1.165) is 23.7 Å². The van der Waals surface area contributed by atoms with Gasteiger partial charge in [-0.2, -0.15) is 12.3 Å². The molecule has 3 atom stereocenters. The molecule has 0 aromatic carbocycles. The van der Waals surface area contributed by atoms with Crippen LogP contribution >= 0.6 is 0 Å². The van der Waals surface area contributed by atoms with Gasteiger partial charge in [-0.25, -0.2) is 0 Å². The van der Waals surface area contributed by atoms with Crippen molar-refractivity contribution in [1.82, 2.24) is 0 Å². The number of rotatable bonds is 1. The van der Waals surface area contributed by atoms with Crippen LogP contribution in [-0.2, 0) is 32.7 Å². The quantitative estimate of drug-likeness (QED) is 0.592. The van der Waals surface area contributed by atoms with Crippen LogP contribution in [0.5, 0.6) is 0 Å². The van der Waals surface area contributed by atoms with E-state index < -0.39 is 0 Å². The van der Waals surface area contributed by atoms with Crippen LogP contribution in [0.1, 0.15) is 66.2 Å². The van der Waals surface area contributed by atoms with Gasteiger partial charge >= 0.3 is 0 Å². The summed E-state index contributed by atoms with van der Waals surface area (Å²) in [4.78, 5) is 0. The molecule has 0 amide bonds. The van der Waals surface area contributed by atoms with Gasteiger partial charge in [0.15, 0.2) is 0 Å². The monoisotopic (exact) mass is 298 g/mol. The van der Waals surface area contributed by atoms with Gasteiger partial charge in [0.1, 0.15) is 0 Å². The van der Waals surface area contributed by atoms with Crippen molar-refractivity contribution >= 4 is 0 Å². The average Bonchev–Trinajstić information content (AvgIpc) is 2.31. The summed E-state index contributed by atoms with van der Waals surface area (Å²) in [5.41, 5.74) is 0. The van der Waals surface area contributed by atoms with Crippen molar-refractivity contribution in [2.75, 3.05) is 0 Å². The standard InChI is InChI=1S/C13H23.C2H6.Y/c1-10(2)12-9-5-7-11-6-3-4-8-13(11)12;1-2;/h9-13H,3-8H2,1-2H3;1-2H3;/q-1;;. The van der Waals surface area contributed by atoms with E-state index >= 15 is 0 Å². The first-order valence-corrected chi connectivity index (χ1v) is 7.12. The smallest absolute Gasteiger partial charge is 0 e. The predicted molar refractivity (Wildman–Crippen MR) is 68.7 cm³/mol. The summed E-state index contributed by atoms with van der Waals surface area (Å²) >= 11 is 0. The minimum atomic E-state index is 0. The van der Waals surface area contributed by atoms with E-state index in [-0.39, 0.29) is 32.7 Å². The van der Waals surface area contributed by atoms with Crippen molar-refractivity contribution in [2.45, 2.75) is 66.2 Å². The maximum atomic E-state index is 2.62. The van der Waals surface area contributed by atoms with Crippen molar-refractivity contribution in [3.8, 4) is 0 Å². The average molecular weight is 298 g/mol. The Kier molecular flexibility index (Phi) is 9.72. The molecule has 0 saturated heterocycles. The van der Waals surface area contributed by atoms with Gasteiger partial charge in [0.2, 0.25) is 0 Å². The van der Waals surface area contributed by atoms with Crippen LogP contribution in [0.25, 0.3) is 0 Å². The SMILES string of the molecule is CC.CC(C)C1[CH-]CCC2CCCCC21.[Y]. The number of fused-ring (bicyclic) bond motifs is 1. The van der Waals surface area contributed by atoms with Crippen molar-refractivity contribution in [3.63, 3.8) is 0 Å². The molecule has 0 nitrogen and oxygen atoms in total. The Bertz CT molecular complexity index is 163. The zero-order valence-corrected chi connectivity index (χ0v) is 14.5. The van der Waals surface area contributed by atoms with Gasteiger partial charge < -0.3 is 6.42 Å². The number of hydrogen-bond donors (Lipinski definition) is 0. The molecule has 0 aromatic heterocycles. The van der Waals surface area contributed by atoms with Gasteiger partial charge in [-0.1, -0.05) is 71.6 Å². The van der Waals surface area contributed by atoms with Gasteiger partial charge in [0.25, 0.3) is 0 Å². The molecule has 0 spiro atoms. The Morgan fingerprint density at radius 3 is 2.25 bits per heavy atom. The third-order valence-electron chi connectivity index (χ3n) is 4.21. The second-order valence-electron chi connectivity index (χ2n) is 5.34. The molecule has 0 aromatic rings. The summed E-state index contributed by atoms with van der Waals surface area (Å²) in [5, 5.41) is 0.